The molecule has 1 N–H and O–H groups in total. The van der Waals surface area contributed by atoms with Crippen LogP contribution in [0.1, 0.15) is 26.0 Å². The van der Waals surface area contributed by atoms with E-state index in [4.69, 9.17) is 4.74 Å². The zero-order chi connectivity index (χ0) is 14.2. The van der Waals surface area contributed by atoms with Crippen molar-refractivity contribution in [3.05, 3.63) is 48.5 Å². The standard InChI is InChI=1S/C16H23N3O/c1-14(2)17-11-15-12-19(13-18-15)9-6-10-20-16-7-4-3-5-8-16/h3-5,7-8,12-14,17H,6,9-11H2,1-2H3. The molecule has 0 bridgehead atoms. The highest BCUT2D eigenvalue weighted by atomic mass is 16.5. The minimum absolute atomic E-state index is 0.486. The fourth-order valence-corrected chi connectivity index (χ4v) is 1.88. The first-order chi connectivity index (χ1) is 9.74. The molecule has 1 aromatic carbocycles. The average Bonchev–Trinajstić information content (AvgIpc) is 2.90. The molecule has 0 saturated carbocycles. The number of aryl methyl sites for hydroxylation is 1. The number of aromatic nitrogens is 2. The number of para-hydroxylation sites is 1. The van der Waals surface area contributed by atoms with E-state index < -0.39 is 0 Å². The molecule has 108 valence electrons. The lowest BCUT2D eigenvalue weighted by atomic mass is 10.3. The Balaban J connectivity index is 1.67. The molecule has 2 aromatic rings. The van der Waals surface area contributed by atoms with Crippen LogP contribution in [0, 0.1) is 0 Å². The lowest BCUT2D eigenvalue weighted by molar-refractivity contribution is 0.301. The summed E-state index contributed by atoms with van der Waals surface area (Å²) in [6.07, 6.45) is 4.96. The summed E-state index contributed by atoms with van der Waals surface area (Å²) in [6.45, 7) is 6.75. The first-order valence-corrected chi connectivity index (χ1v) is 7.16. The molecule has 20 heavy (non-hydrogen) atoms. The van der Waals surface area contributed by atoms with E-state index >= 15 is 0 Å². The van der Waals surface area contributed by atoms with Crippen LogP contribution >= 0.6 is 0 Å². The Morgan fingerprint density at radius 1 is 1.25 bits per heavy atom. The van der Waals surface area contributed by atoms with Gasteiger partial charge < -0.3 is 14.6 Å². The second-order valence-electron chi connectivity index (χ2n) is 5.15. The summed E-state index contributed by atoms with van der Waals surface area (Å²) in [7, 11) is 0. The van der Waals surface area contributed by atoms with Crippen LogP contribution in [0.4, 0.5) is 0 Å². The third-order valence-electron chi connectivity index (χ3n) is 2.95. The van der Waals surface area contributed by atoms with Crippen LogP contribution in [0.5, 0.6) is 5.75 Å². The van der Waals surface area contributed by atoms with Crippen LogP contribution in [0.2, 0.25) is 0 Å². The van der Waals surface area contributed by atoms with Gasteiger partial charge in [0.1, 0.15) is 5.75 Å². The molecule has 2 rings (SSSR count). The van der Waals surface area contributed by atoms with Gasteiger partial charge in [0, 0.05) is 25.3 Å². The molecule has 0 fully saturated rings. The fraction of sp³-hybridized carbons (Fsp3) is 0.438. The highest BCUT2D eigenvalue weighted by Gasteiger charge is 2.00. The molecule has 0 spiro atoms. The smallest absolute Gasteiger partial charge is 0.119 e. The summed E-state index contributed by atoms with van der Waals surface area (Å²) in [6, 6.07) is 10.4. The van der Waals surface area contributed by atoms with E-state index in [1.807, 2.05) is 36.7 Å². The number of benzene rings is 1. The molecule has 0 aliphatic rings. The zero-order valence-corrected chi connectivity index (χ0v) is 12.2. The van der Waals surface area contributed by atoms with Crippen LogP contribution in [0.15, 0.2) is 42.9 Å². The van der Waals surface area contributed by atoms with Crippen molar-refractivity contribution in [2.75, 3.05) is 6.61 Å². The van der Waals surface area contributed by atoms with E-state index in [0.717, 1.165) is 37.6 Å². The SMILES string of the molecule is CC(C)NCc1cn(CCCOc2ccccc2)cn1. The number of hydrogen-bond donors (Lipinski definition) is 1. The van der Waals surface area contributed by atoms with Gasteiger partial charge in [0.2, 0.25) is 0 Å². The van der Waals surface area contributed by atoms with E-state index in [-0.39, 0.29) is 0 Å². The normalized spacial score (nSPS) is 10.9. The van der Waals surface area contributed by atoms with Crippen LogP contribution in [-0.2, 0) is 13.1 Å². The van der Waals surface area contributed by atoms with Gasteiger partial charge >= 0.3 is 0 Å². The topological polar surface area (TPSA) is 39.1 Å². The van der Waals surface area contributed by atoms with E-state index in [1.165, 1.54) is 0 Å². The molecule has 0 saturated heterocycles. The molecular weight excluding hydrogens is 250 g/mol. The Labute approximate surface area is 120 Å². The highest BCUT2D eigenvalue weighted by Crippen LogP contribution is 2.08. The van der Waals surface area contributed by atoms with Crippen LogP contribution < -0.4 is 10.1 Å². The van der Waals surface area contributed by atoms with E-state index in [9.17, 15) is 0 Å². The van der Waals surface area contributed by atoms with Crippen molar-refractivity contribution in [1.29, 1.82) is 0 Å². The minimum Gasteiger partial charge on any atom is -0.494 e. The molecule has 1 aromatic heterocycles. The number of nitrogens with one attached hydrogen (secondary N) is 1. The number of ether oxygens (including phenoxy) is 1. The lowest BCUT2D eigenvalue weighted by Crippen LogP contribution is -2.21. The Bertz CT molecular complexity index is 493. The van der Waals surface area contributed by atoms with Crippen molar-refractivity contribution in [1.82, 2.24) is 14.9 Å². The maximum absolute atomic E-state index is 5.67. The van der Waals surface area contributed by atoms with Crippen molar-refractivity contribution in [2.45, 2.75) is 39.4 Å². The third-order valence-corrected chi connectivity index (χ3v) is 2.95. The molecular formula is C16H23N3O. The largest absolute Gasteiger partial charge is 0.494 e. The summed E-state index contributed by atoms with van der Waals surface area (Å²) in [5.41, 5.74) is 1.09. The van der Waals surface area contributed by atoms with Gasteiger partial charge in [-0.15, -0.1) is 0 Å². The summed E-state index contributed by atoms with van der Waals surface area (Å²) >= 11 is 0. The molecule has 1 heterocycles. The van der Waals surface area contributed by atoms with Crippen LogP contribution in [0.25, 0.3) is 0 Å². The van der Waals surface area contributed by atoms with Crippen LogP contribution in [0.3, 0.4) is 0 Å². The molecule has 0 amide bonds. The molecule has 4 heteroatoms. The average molecular weight is 273 g/mol. The minimum atomic E-state index is 0.486. The van der Waals surface area contributed by atoms with Gasteiger partial charge in [-0.3, -0.25) is 0 Å². The molecule has 0 aliphatic heterocycles. The van der Waals surface area contributed by atoms with E-state index in [2.05, 4.69) is 34.9 Å². The number of rotatable bonds is 8. The van der Waals surface area contributed by atoms with Crippen molar-refractivity contribution in [3.63, 3.8) is 0 Å². The monoisotopic (exact) mass is 273 g/mol. The van der Waals surface area contributed by atoms with Gasteiger partial charge in [0.15, 0.2) is 0 Å². The third kappa shape index (κ3) is 5.05. The van der Waals surface area contributed by atoms with E-state index in [0.29, 0.717) is 6.04 Å². The molecule has 0 atom stereocenters. The summed E-state index contributed by atoms with van der Waals surface area (Å²) in [5.74, 6) is 0.931. The van der Waals surface area contributed by atoms with Crippen LogP contribution in [-0.4, -0.2) is 22.2 Å². The number of nitrogens with zero attached hydrogens (tertiary/aromatic N) is 2. The number of imidazole rings is 1. The Morgan fingerprint density at radius 3 is 2.80 bits per heavy atom. The van der Waals surface area contributed by atoms with Gasteiger partial charge in [-0.05, 0) is 18.6 Å². The Kier molecular flexibility index (Phi) is 5.62. The quantitative estimate of drug-likeness (QED) is 0.752. The van der Waals surface area contributed by atoms with Gasteiger partial charge in [-0.2, -0.15) is 0 Å². The summed E-state index contributed by atoms with van der Waals surface area (Å²) < 4.78 is 7.78. The van der Waals surface area contributed by atoms with Gasteiger partial charge in [-0.25, -0.2) is 4.98 Å². The maximum atomic E-state index is 5.67. The molecule has 0 aliphatic carbocycles. The van der Waals surface area contributed by atoms with Gasteiger partial charge in [-0.1, -0.05) is 32.0 Å². The summed E-state index contributed by atoms with van der Waals surface area (Å²) in [4.78, 5) is 4.38. The first-order valence-electron chi connectivity index (χ1n) is 7.16. The second-order valence-corrected chi connectivity index (χ2v) is 5.15. The molecule has 0 unspecified atom stereocenters. The van der Waals surface area contributed by atoms with Gasteiger partial charge in [0.05, 0.1) is 18.6 Å². The maximum Gasteiger partial charge on any atom is 0.119 e. The molecule has 4 nitrogen and oxygen atoms in total. The Hall–Kier alpha value is -1.81. The Morgan fingerprint density at radius 2 is 2.05 bits per heavy atom. The first kappa shape index (κ1) is 14.6. The second kappa shape index (κ2) is 7.70. The lowest BCUT2D eigenvalue weighted by Gasteiger charge is -2.06. The van der Waals surface area contributed by atoms with Crippen molar-refractivity contribution >= 4 is 0 Å². The predicted molar refractivity (Wildman–Crippen MR) is 80.8 cm³/mol. The summed E-state index contributed by atoms with van der Waals surface area (Å²) in [5, 5.41) is 3.36. The van der Waals surface area contributed by atoms with Gasteiger partial charge in [0.25, 0.3) is 0 Å². The molecule has 0 radical (unpaired) electrons. The zero-order valence-electron chi connectivity index (χ0n) is 12.2. The fourth-order valence-electron chi connectivity index (χ4n) is 1.88. The van der Waals surface area contributed by atoms with E-state index in [1.54, 1.807) is 0 Å². The number of hydrogen-bond acceptors (Lipinski definition) is 3. The van der Waals surface area contributed by atoms with Crippen molar-refractivity contribution in [2.24, 2.45) is 0 Å². The van der Waals surface area contributed by atoms with Crippen molar-refractivity contribution < 1.29 is 4.74 Å². The predicted octanol–water partition coefficient (Wildman–Crippen LogP) is 2.85. The van der Waals surface area contributed by atoms with Crippen molar-refractivity contribution in [3.8, 4) is 5.75 Å². The highest BCUT2D eigenvalue weighted by molar-refractivity contribution is 5.20.